The van der Waals surface area contributed by atoms with Gasteiger partial charge in [0.1, 0.15) is 13.2 Å². The third-order valence-corrected chi connectivity index (χ3v) is 14.6. The summed E-state index contributed by atoms with van der Waals surface area (Å²) in [6.45, 7) is 6.51. The van der Waals surface area contributed by atoms with E-state index in [-0.39, 0.29) is 37.5 Å². The summed E-state index contributed by atoms with van der Waals surface area (Å²) in [6.07, 6.45) is 87.6. The fourth-order valence-corrected chi connectivity index (χ4v) is 9.62. The van der Waals surface area contributed by atoms with E-state index in [1.807, 2.05) is 0 Å². The third-order valence-electron chi connectivity index (χ3n) is 14.6. The van der Waals surface area contributed by atoms with Crippen molar-refractivity contribution >= 4 is 17.9 Å². The lowest BCUT2D eigenvalue weighted by molar-refractivity contribution is -0.167. The quantitative estimate of drug-likeness (QED) is 0.0261. The van der Waals surface area contributed by atoms with Crippen LogP contribution in [0.3, 0.4) is 0 Å². The van der Waals surface area contributed by atoms with Crippen molar-refractivity contribution in [3.05, 3.63) is 85.1 Å². The van der Waals surface area contributed by atoms with E-state index in [2.05, 4.69) is 106 Å². The molecule has 0 aromatic carbocycles. The van der Waals surface area contributed by atoms with Crippen LogP contribution in [0.5, 0.6) is 0 Å². The summed E-state index contributed by atoms with van der Waals surface area (Å²) < 4.78 is 16.9. The minimum absolute atomic E-state index is 0.0909. The summed E-state index contributed by atoms with van der Waals surface area (Å²) in [5.41, 5.74) is 0. The van der Waals surface area contributed by atoms with Crippen LogP contribution >= 0.6 is 0 Å². The predicted molar refractivity (Wildman–Crippen MR) is 339 cm³/mol. The molecule has 6 heteroatoms. The Labute approximate surface area is 484 Å². The van der Waals surface area contributed by atoms with E-state index in [0.29, 0.717) is 19.3 Å². The Balaban J connectivity index is 4.22. The van der Waals surface area contributed by atoms with Gasteiger partial charge in [-0.3, -0.25) is 14.4 Å². The molecule has 0 rings (SSSR count). The first-order valence-corrected chi connectivity index (χ1v) is 33.6. The number of carbonyl (C=O) groups excluding carboxylic acids is 3. The number of unbranched alkanes of at least 4 members (excludes halogenated alkanes) is 36. The molecule has 0 heterocycles. The molecule has 0 amide bonds. The highest BCUT2D eigenvalue weighted by atomic mass is 16.6. The average Bonchev–Trinajstić information content (AvgIpc) is 3.44. The molecule has 78 heavy (non-hydrogen) atoms. The lowest BCUT2D eigenvalue weighted by Crippen LogP contribution is -2.30. The van der Waals surface area contributed by atoms with Gasteiger partial charge in [-0.15, -0.1) is 0 Å². The normalized spacial score (nSPS) is 12.6. The molecule has 0 saturated carbocycles. The van der Waals surface area contributed by atoms with Gasteiger partial charge in [-0.2, -0.15) is 0 Å². The highest BCUT2D eigenvalue weighted by Crippen LogP contribution is 2.17. The van der Waals surface area contributed by atoms with Gasteiger partial charge in [-0.05, 0) is 96.3 Å². The van der Waals surface area contributed by atoms with Crippen LogP contribution in [0.25, 0.3) is 0 Å². The van der Waals surface area contributed by atoms with Crippen LogP contribution in [0, 0.1) is 0 Å². The minimum Gasteiger partial charge on any atom is -0.462 e. The number of esters is 3. The van der Waals surface area contributed by atoms with Gasteiger partial charge in [0.25, 0.3) is 0 Å². The average molecular weight is 1090 g/mol. The van der Waals surface area contributed by atoms with Crippen molar-refractivity contribution in [2.75, 3.05) is 13.2 Å². The second kappa shape index (κ2) is 66.1. The van der Waals surface area contributed by atoms with Crippen LogP contribution in [0.2, 0.25) is 0 Å². The molecule has 0 aliphatic rings. The summed E-state index contributed by atoms with van der Waals surface area (Å²) in [5.74, 6) is -0.923. The molecule has 0 N–H and O–H groups in total. The summed E-state index contributed by atoms with van der Waals surface area (Å²) in [4.78, 5) is 38.2. The van der Waals surface area contributed by atoms with Gasteiger partial charge >= 0.3 is 17.9 Å². The molecule has 6 nitrogen and oxygen atoms in total. The van der Waals surface area contributed by atoms with Gasteiger partial charge in [-0.25, -0.2) is 0 Å². The lowest BCUT2D eigenvalue weighted by atomic mass is 10.0. The van der Waals surface area contributed by atoms with E-state index in [4.69, 9.17) is 14.2 Å². The van der Waals surface area contributed by atoms with E-state index in [0.717, 1.165) is 89.9 Å². The van der Waals surface area contributed by atoms with Crippen molar-refractivity contribution in [3.8, 4) is 0 Å². The first-order chi connectivity index (χ1) is 38.5. The fourth-order valence-electron chi connectivity index (χ4n) is 9.62. The Morgan fingerprint density at radius 3 is 0.821 bits per heavy atom. The van der Waals surface area contributed by atoms with Gasteiger partial charge < -0.3 is 14.2 Å². The summed E-state index contributed by atoms with van der Waals surface area (Å²) in [6, 6.07) is 0. The number of ether oxygens (including phenoxy) is 3. The largest absolute Gasteiger partial charge is 0.462 e. The molecule has 0 spiro atoms. The van der Waals surface area contributed by atoms with Crippen LogP contribution in [-0.4, -0.2) is 37.2 Å². The van der Waals surface area contributed by atoms with Gasteiger partial charge in [0.2, 0.25) is 0 Å². The lowest BCUT2D eigenvalue weighted by Gasteiger charge is -2.18. The zero-order valence-corrected chi connectivity index (χ0v) is 51.7. The Morgan fingerprint density at radius 2 is 0.500 bits per heavy atom. The molecule has 0 aliphatic heterocycles. The highest BCUT2D eigenvalue weighted by Gasteiger charge is 2.19. The third kappa shape index (κ3) is 63.4. The molecular weight excluding hydrogens is 961 g/mol. The number of carbonyl (C=O) groups is 3. The number of rotatable bonds is 61. The van der Waals surface area contributed by atoms with Crippen LogP contribution < -0.4 is 0 Å². The van der Waals surface area contributed by atoms with Crippen molar-refractivity contribution in [1.82, 2.24) is 0 Å². The van der Waals surface area contributed by atoms with Crippen molar-refractivity contribution < 1.29 is 28.6 Å². The van der Waals surface area contributed by atoms with Crippen LogP contribution in [0.4, 0.5) is 0 Å². The molecule has 0 bridgehead atoms. The van der Waals surface area contributed by atoms with Crippen molar-refractivity contribution in [3.63, 3.8) is 0 Å². The SMILES string of the molecule is CC/C=C\C/C=C\C/C=C\C/C=C\C/C=C\C/C=C\CCCCC(=O)OC(COC(=O)CCCCCCCCCCCC)COC(=O)CCCCCCCCCCCCCCCCCCC/C=C\CCCCCCCCCC. The van der Waals surface area contributed by atoms with Gasteiger partial charge in [0, 0.05) is 19.3 Å². The Morgan fingerprint density at radius 1 is 0.269 bits per heavy atom. The molecule has 1 atom stereocenters. The van der Waals surface area contributed by atoms with Gasteiger partial charge in [0.15, 0.2) is 6.10 Å². The van der Waals surface area contributed by atoms with E-state index >= 15 is 0 Å². The molecule has 0 aromatic heterocycles. The maximum Gasteiger partial charge on any atom is 0.306 e. The molecule has 0 radical (unpaired) electrons. The fraction of sp³-hybridized carbons (Fsp3) is 0.764. The molecule has 450 valence electrons. The first-order valence-electron chi connectivity index (χ1n) is 33.6. The molecule has 0 fully saturated rings. The number of allylic oxidation sites excluding steroid dienone is 14. The molecule has 0 aromatic rings. The summed E-state index contributed by atoms with van der Waals surface area (Å²) >= 11 is 0. The Hall–Kier alpha value is -3.41. The van der Waals surface area contributed by atoms with Crippen molar-refractivity contribution in [2.24, 2.45) is 0 Å². The Kier molecular flexibility index (Phi) is 63.2. The zero-order valence-electron chi connectivity index (χ0n) is 51.7. The number of hydrogen-bond acceptors (Lipinski definition) is 6. The van der Waals surface area contributed by atoms with Crippen molar-refractivity contribution in [2.45, 2.75) is 341 Å². The molecule has 1 unspecified atom stereocenters. The van der Waals surface area contributed by atoms with E-state index in [1.165, 1.54) is 199 Å². The topological polar surface area (TPSA) is 78.9 Å². The number of hydrogen-bond donors (Lipinski definition) is 0. The zero-order chi connectivity index (χ0) is 56.4. The maximum absolute atomic E-state index is 12.9. The van der Waals surface area contributed by atoms with Crippen LogP contribution in [0.1, 0.15) is 335 Å². The molecule has 0 saturated heterocycles. The minimum atomic E-state index is -0.798. The predicted octanol–water partition coefficient (Wildman–Crippen LogP) is 23.1. The van der Waals surface area contributed by atoms with Crippen LogP contribution in [0.15, 0.2) is 85.1 Å². The maximum atomic E-state index is 12.9. The van der Waals surface area contributed by atoms with Crippen molar-refractivity contribution in [1.29, 1.82) is 0 Å². The monoisotopic (exact) mass is 1090 g/mol. The van der Waals surface area contributed by atoms with Gasteiger partial charge in [0.05, 0.1) is 0 Å². The Bertz CT molecular complexity index is 1480. The molecule has 0 aliphatic carbocycles. The molecular formula is C72H126O6. The standard InChI is InChI=1S/C72H126O6/c1-4-7-10-13-16-19-22-24-26-28-30-32-33-34-35-36-37-38-39-41-42-44-46-48-50-53-56-59-62-65-71(74)77-68-69(67-76-70(73)64-61-58-55-52-21-18-15-12-9-6-3)78-72(75)66-63-60-57-54-51-49-47-45-43-40-31-29-27-25-23-20-17-14-11-8-5-2/h8,11,17,20,25,27-28,30-31,40,45,47,51,54,69H,4-7,9-10,12-16,18-19,21-24,26,29,32-39,41-44,46,48-50,52-53,55-68H2,1-3H3/b11-8-,20-17-,27-25-,30-28-,40-31-,47-45-,54-51-. The second-order valence-electron chi connectivity index (χ2n) is 22.4. The smallest absolute Gasteiger partial charge is 0.306 e. The summed E-state index contributed by atoms with van der Waals surface area (Å²) in [7, 11) is 0. The van der Waals surface area contributed by atoms with E-state index < -0.39 is 6.10 Å². The summed E-state index contributed by atoms with van der Waals surface area (Å²) in [5, 5.41) is 0. The first kappa shape index (κ1) is 74.6. The van der Waals surface area contributed by atoms with Crippen LogP contribution in [-0.2, 0) is 28.6 Å². The second-order valence-corrected chi connectivity index (χ2v) is 22.4. The van der Waals surface area contributed by atoms with E-state index in [1.54, 1.807) is 0 Å². The van der Waals surface area contributed by atoms with Gasteiger partial charge in [-0.1, -0.05) is 305 Å². The van der Waals surface area contributed by atoms with E-state index in [9.17, 15) is 14.4 Å². The highest BCUT2D eigenvalue weighted by molar-refractivity contribution is 5.71.